The van der Waals surface area contributed by atoms with Gasteiger partial charge >= 0.3 is 0 Å². The second-order valence-corrected chi connectivity index (χ2v) is 27.6. The molecule has 1 spiro atoms. The molecular weight excluding hydrogens is 1130 g/mol. The Bertz CT molecular complexity index is 5350. The van der Waals surface area contributed by atoms with E-state index in [0.717, 1.165) is 99.9 Å². The number of anilines is 6. The van der Waals surface area contributed by atoms with Crippen LogP contribution in [0.5, 0.6) is 0 Å². The van der Waals surface area contributed by atoms with Crippen LogP contribution in [0.4, 0.5) is 34.1 Å². The summed E-state index contributed by atoms with van der Waals surface area (Å²) in [6.45, 7) is 14.0. The summed E-state index contributed by atoms with van der Waals surface area (Å²) >= 11 is 0. The normalized spacial score (nSPS) is 13.1. The van der Waals surface area contributed by atoms with Gasteiger partial charge in [0, 0.05) is 44.3 Å². The van der Waals surface area contributed by atoms with Crippen LogP contribution < -0.4 is 9.80 Å². The van der Waals surface area contributed by atoms with Gasteiger partial charge in [-0.1, -0.05) is 260 Å². The van der Waals surface area contributed by atoms with Crippen molar-refractivity contribution in [3.05, 3.63) is 325 Å². The molecule has 0 saturated heterocycles. The van der Waals surface area contributed by atoms with Crippen LogP contribution in [-0.2, 0) is 16.2 Å². The van der Waals surface area contributed by atoms with Gasteiger partial charge in [0.15, 0.2) is 11.2 Å². The fourth-order valence-electron chi connectivity index (χ4n) is 15.6. The number of rotatable bonds is 8. The van der Waals surface area contributed by atoms with Crippen molar-refractivity contribution in [3.8, 4) is 44.5 Å². The van der Waals surface area contributed by atoms with E-state index in [9.17, 15) is 0 Å². The zero-order valence-corrected chi connectivity index (χ0v) is 52.9. The summed E-state index contributed by atoms with van der Waals surface area (Å²) in [4.78, 5) is 4.78. The second kappa shape index (κ2) is 20.4. The topological polar surface area (TPSA) is 32.8 Å². The summed E-state index contributed by atoms with van der Waals surface area (Å²) in [5.41, 5.74) is 26.4. The molecule has 0 atom stereocenters. The Morgan fingerprint density at radius 1 is 0.280 bits per heavy atom. The minimum atomic E-state index is -0.704. The molecular formula is C89H66N2O2. The molecule has 0 amide bonds. The molecule has 0 unspecified atom stereocenters. The molecule has 444 valence electrons. The van der Waals surface area contributed by atoms with Crippen LogP contribution in [0.1, 0.15) is 74.9 Å². The Balaban J connectivity index is 0.874. The average molecular weight is 1200 g/mol. The van der Waals surface area contributed by atoms with Crippen molar-refractivity contribution >= 4 is 99.5 Å². The van der Waals surface area contributed by atoms with E-state index in [4.69, 9.17) is 8.83 Å². The average Bonchev–Trinajstić information content (AvgIpc) is 1.50. The van der Waals surface area contributed by atoms with E-state index in [1.54, 1.807) is 0 Å². The van der Waals surface area contributed by atoms with E-state index in [0.29, 0.717) is 0 Å². The minimum absolute atomic E-state index is 0.0782. The third-order valence-corrected chi connectivity index (χ3v) is 20.1. The summed E-state index contributed by atoms with van der Waals surface area (Å²) in [7, 11) is 0. The smallest absolute Gasteiger partial charge is 0.159 e. The van der Waals surface area contributed by atoms with Crippen molar-refractivity contribution in [2.24, 2.45) is 0 Å². The highest BCUT2D eigenvalue weighted by Gasteiger charge is 2.54. The van der Waals surface area contributed by atoms with Gasteiger partial charge < -0.3 is 18.6 Å². The lowest BCUT2D eigenvalue weighted by Gasteiger charge is -2.33. The lowest BCUT2D eigenvalue weighted by atomic mass is 9.68. The van der Waals surface area contributed by atoms with Gasteiger partial charge in [0.2, 0.25) is 0 Å². The molecule has 2 aliphatic rings. The van der Waals surface area contributed by atoms with E-state index in [1.165, 1.54) is 77.5 Å². The fraction of sp³-hybridized carbons (Fsp3) is 0.101. The largest absolute Gasteiger partial charge is 0.454 e. The van der Waals surface area contributed by atoms with Crippen molar-refractivity contribution in [2.45, 2.75) is 57.8 Å². The molecule has 0 fully saturated rings. The molecule has 0 saturated carbocycles. The Kier molecular flexibility index (Phi) is 12.0. The van der Waals surface area contributed by atoms with Crippen molar-refractivity contribution < 1.29 is 8.83 Å². The number of para-hydroxylation sites is 4. The number of nitrogens with zero attached hydrogens (tertiary/aromatic N) is 2. The molecule has 2 aliphatic carbocycles. The molecule has 16 aromatic rings. The highest BCUT2D eigenvalue weighted by molar-refractivity contribution is 6.14. The van der Waals surface area contributed by atoms with Gasteiger partial charge in [0.05, 0.1) is 16.8 Å². The summed E-state index contributed by atoms with van der Waals surface area (Å²) < 4.78 is 13.7. The number of fused-ring (bicyclic) bond motifs is 20. The maximum absolute atomic E-state index is 6.87. The van der Waals surface area contributed by atoms with Crippen LogP contribution in [0.2, 0.25) is 0 Å². The molecule has 0 aliphatic heterocycles. The second-order valence-electron chi connectivity index (χ2n) is 27.6. The van der Waals surface area contributed by atoms with Crippen molar-refractivity contribution in [1.29, 1.82) is 0 Å². The quantitative estimate of drug-likeness (QED) is 0.152. The number of hydrogen-bond acceptors (Lipinski definition) is 4. The maximum atomic E-state index is 6.87. The highest BCUT2D eigenvalue weighted by Crippen LogP contribution is 2.66. The highest BCUT2D eigenvalue weighted by atomic mass is 16.3. The Hall–Kier alpha value is -11.2. The van der Waals surface area contributed by atoms with Gasteiger partial charge in [0.1, 0.15) is 11.2 Å². The predicted octanol–water partition coefficient (Wildman–Crippen LogP) is 25.0. The van der Waals surface area contributed by atoms with Crippen molar-refractivity contribution in [1.82, 2.24) is 0 Å². The van der Waals surface area contributed by atoms with Crippen LogP contribution in [0.15, 0.2) is 300 Å². The molecule has 4 heteroatoms. The van der Waals surface area contributed by atoms with Crippen LogP contribution in [0, 0.1) is 0 Å². The van der Waals surface area contributed by atoms with Crippen LogP contribution in [0.3, 0.4) is 0 Å². The lowest BCUT2D eigenvalue weighted by molar-refractivity contribution is 0.589. The zero-order chi connectivity index (χ0) is 62.5. The molecule has 2 heterocycles. The third kappa shape index (κ3) is 8.37. The van der Waals surface area contributed by atoms with Crippen molar-refractivity contribution in [3.63, 3.8) is 0 Å². The first-order valence-corrected chi connectivity index (χ1v) is 32.5. The van der Waals surface area contributed by atoms with Crippen LogP contribution >= 0.6 is 0 Å². The van der Waals surface area contributed by atoms with Gasteiger partial charge in [-0.2, -0.15) is 0 Å². The van der Waals surface area contributed by atoms with Gasteiger partial charge in [-0.05, 0) is 183 Å². The molecule has 14 aromatic carbocycles. The van der Waals surface area contributed by atoms with Gasteiger partial charge in [-0.15, -0.1) is 0 Å². The number of furan rings is 2. The standard InChI is InChI=1S/C89H66N2O2/c1-87(2,3)61-37-49-77-75(53-61)76-54-62(88(4,5)6)38-50-78(76)89(77)83-67-47-43-65(90(63-39-31-57(32-40-63)55-19-9-7-10-20-55)79-27-17-25-73-69-23-13-15-29-81(69)92-85(73)79)51-59(67)35-45-71(83)72-46-36-60-52-66(44-48-68(60)84(72)89)91(64-41-33-58(34-42-64)56-21-11-8-12-22-56)80-28-18-26-74-70-24-14-16-30-82(70)93-86(74)80/h7-54H,1-6H3. The Morgan fingerprint density at radius 2 is 0.656 bits per heavy atom. The minimum Gasteiger partial charge on any atom is -0.454 e. The SMILES string of the molecule is CC(C)(C)c1ccc2c(c1)-c1cc(C(C)(C)C)ccc1C21c2c(ccc3cc(N(c4ccc(-c5ccccc5)cc4)c4cccc5c4oc4ccccc45)ccc23)-c2ccc3cc(N(c4ccc(-c5ccccc5)cc4)c4cccc5c4oc4ccccc45)ccc3c21. The van der Waals surface area contributed by atoms with Crippen molar-refractivity contribution in [2.75, 3.05) is 9.80 Å². The van der Waals surface area contributed by atoms with Crippen LogP contribution in [-0.4, -0.2) is 0 Å². The molecule has 93 heavy (non-hydrogen) atoms. The molecule has 4 nitrogen and oxygen atoms in total. The molecule has 2 aromatic heterocycles. The van der Waals surface area contributed by atoms with E-state index in [2.05, 4.69) is 343 Å². The van der Waals surface area contributed by atoms with Gasteiger partial charge in [0.25, 0.3) is 0 Å². The van der Waals surface area contributed by atoms with Gasteiger partial charge in [-0.3, -0.25) is 0 Å². The predicted molar refractivity (Wildman–Crippen MR) is 390 cm³/mol. The maximum Gasteiger partial charge on any atom is 0.159 e. The summed E-state index contributed by atoms with van der Waals surface area (Å²) in [6.07, 6.45) is 0. The molecule has 0 N–H and O–H groups in total. The van der Waals surface area contributed by atoms with E-state index >= 15 is 0 Å². The van der Waals surface area contributed by atoms with E-state index in [-0.39, 0.29) is 10.8 Å². The monoisotopic (exact) mass is 1190 g/mol. The molecule has 18 rings (SSSR count). The molecule has 0 bridgehead atoms. The Labute approximate surface area is 541 Å². The first-order valence-electron chi connectivity index (χ1n) is 32.5. The fourth-order valence-corrected chi connectivity index (χ4v) is 15.6. The first-order chi connectivity index (χ1) is 45.4. The summed E-state index contributed by atoms with van der Waals surface area (Å²) in [5, 5.41) is 9.14. The summed E-state index contributed by atoms with van der Waals surface area (Å²) in [5.74, 6) is 0. The third-order valence-electron chi connectivity index (χ3n) is 20.1. The zero-order valence-electron chi connectivity index (χ0n) is 52.9. The first kappa shape index (κ1) is 54.7. The number of hydrogen-bond donors (Lipinski definition) is 0. The lowest BCUT2D eigenvalue weighted by Crippen LogP contribution is -2.27. The Morgan fingerprint density at radius 3 is 1.08 bits per heavy atom. The van der Waals surface area contributed by atoms with E-state index in [1.807, 2.05) is 0 Å². The molecule has 0 radical (unpaired) electrons. The van der Waals surface area contributed by atoms with Crippen LogP contribution in [0.25, 0.3) is 110 Å². The summed E-state index contributed by atoms with van der Waals surface area (Å²) in [6, 6.07) is 108. The van der Waals surface area contributed by atoms with E-state index < -0.39 is 5.41 Å². The van der Waals surface area contributed by atoms with Gasteiger partial charge in [-0.25, -0.2) is 0 Å². The number of benzene rings is 14.